The average molecular weight is 538 g/mol. The number of hydrogen-bond donors (Lipinski definition) is 2. The molecule has 4 rings (SSSR count). The lowest BCUT2D eigenvalue weighted by Crippen LogP contribution is -2.24. The quantitative estimate of drug-likeness (QED) is 0.220. The number of rotatable bonds is 9. The first kappa shape index (κ1) is 25.8. The smallest absolute Gasteiger partial charge is 0.255 e. The molecule has 0 radical (unpaired) electrons. The lowest BCUT2D eigenvalue weighted by molar-refractivity contribution is -0.115. The number of hydrogen-bond acceptors (Lipinski definition) is 6. The number of amides is 2. The predicted octanol–water partition coefficient (Wildman–Crippen LogP) is 7.23. The molecule has 0 bridgehead atoms. The van der Waals surface area contributed by atoms with E-state index in [0.717, 1.165) is 16.2 Å². The molecule has 1 unspecified atom stereocenters. The number of nitrogens with one attached hydrogen (secondary N) is 2. The van der Waals surface area contributed by atoms with E-state index in [-0.39, 0.29) is 17.1 Å². The molecule has 6 nitrogen and oxygen atoms in total. The van der Waals surface area contributed by atoms with E-state index in [1.165, 1.54) is 23.1 Å². The number of aromatic nitrogens is 1. The summed E-state index contributed by atoms with van der Waals surface area (Å²) in [7, 11) is 1.58. The Kier molecular flexibility index (Phi) is 8.64. The van der Waals surface area contributed by atoms with Gasteiger partial charge in [-0.25, -0.2) is 4.98 Å². The van der Waals surface area contributed by atoms with Gasteiger partial charge in [0.25, 0.3) is 5.91 Å². The van der Waals surface area contributed by atoms with Gasteiger partial charge < -0.3 is 15.4 Å². The molecule has 9 heteroatoms. The zero-order chi connectivity index (χ0) is 25.5. The monoisotopic (exact) mass is 537 g/mol. The summed E-state index contributed by atoms with van der Waals surface area (Å²) in [5.41, 5.74) is 2.91. The SMILES string of the molecule is CCC(Sc1cccc(NC(=O)c2ccc(OC)cc2)c1)C(=O)Nc1nc(-c2ccc(Cl)cc2)cs1. The number of benzene rings is 3. The van der Waals surface area contributed by atoms with Crippen molar-refractivity contribution in [3.8, 4) is 17.0 Å². The van der Waals surface area contributed by atoms with Crippen LogP contribution in [-0.2, 0) is 4.79 Å². The highest BCUT2D eigenvalue weighted by molar-refractivity contribution is 8.00. The first-order valence-corrected chi connectivity index (χ1v) is 13.3. The van der Waals surface area contributed by atoms with E-state index in [2.05, 4.69) is 15.6 Å². The molecule has 0 aliphatic rings. The van der Waals surface area contributed by atoms with Crippen LogP contribution in [0.1, 0.15) is 23.7 Å². The maximum absolute atomic E-state index is 13.0. The Morgan fingerprint density at radius 2 is 1.81 bits per heavy atom. The highest BCUT2D eigenvalue weighted by Gasteiger charge is 2.20. The molecule has 0 aliphatic carbocycles. The number of anilines is 2. The summed E-state index contributed by atoms with van der Waals surface area (Å²) in [5.74, 6) is 0.352. The first-order valence-electron chi connectivity index (χ1n) is 11.2. The third kappa shape index (κ3) is 6.66. The molecule has 0 saturated carbocycles. The molecule has 1 heterocycles. The number of carbonyl (C=O) groups excluding carboxylic acids is 2. The summed E-state index contributed by atoms with van der Waals surface area (Å²) >= 11 is 8.79. The van der Waals surface area contributed by atoms with Gasteiger partial charge in [0.1, 0.15) is 5.75 Å². The van der Waals surface area contributed by atoms with Crippen LogP contribution in [0.3, 0.4) is 0 Å². The van der Waals surface area contributed by atoms with Gasteiger partial charge in [-0.3, -0.25) is 9.59 Å². The number of methoxy groups -OCH3 is 1. The molecule has 3 aromatic carbocycles. The van der Waals surface area contributed by atoms with Gasteiger partial charge >= 0.3 is 0 Å². The lowest BCUT2D eigenvalue weighted by Gasteiger charge is -2.14. The summed E-state index contributed by atoms with van der Waals surface area (Å²) in [6.45, 7) is 1.97. The largest absolute Gasteiger partial charge is 0.497 e. The van der Waals surface area contributed by atoms with Crippen molar-refractivity contribution in [3.63, 3.8) is 0 Å². The van der Waals surface area contributed by atoms with E-state index in [1.54, 1.807) is 31.4 Å². The number of thiazole rings is 1. The Bertz CT molecular complexity index is 1340. The van der Waals surface area contributed by atoms with Crippen LogP contribution in [0, 0.1) is 0 Å². The lowest BCUT2D eigenvalue weighted by atomic mass is 10.2. The van der Waals surface area contributed by atoms with Crippen LogP contribution in [0.15, 0.2) is 83.1 Å². The van der Waals surface area contributed by atoms with Crippen LogP contribution in [0.2, 0.25) is 5.02 Å². The van der Waals surface area contributed by atoms with Crippen molar-refractivity contribution in [2.75, 3.05) is 17.7 Å². The van der Waals surface area contributed by atoms with Gasteiger partial charge in [0.2, 0.25) is 5.91 Å². The number of nitrogens with zero attached hydrogens (tertiary/aromatic N) is 1. The van der Waals surface area contributed by atoms with Crippen molar-refractivity contribution in [1.82, 2.24) is 4.98 Å². The zero-order valence-electron chi connectivity index (χ0n) is 19.7. The van der Waals surface area contributed by atoms with Gasteiger partial charge in [-0.05, 0) is 61.0 Å². The Morgan fingerprint density at radius 1 is 1.06 bits per heavy atom. The molecule has 0 saturated heterocycles. The Labute approximate surface area is 223 Å². The fourth-order valence-electron chi connectivity index (χ4n) is 3.35. The van der Waals surface area contributed by atoms with Crippen LogP contribution in [-0.4, -0.2) is 29.2 Å². The molecule has 1 atom stereocenters. The van der Waals surface area contributed by atoms with Crippen molar-refractivity contribution in [2.45, 2.75) is 23.5 Å². The normalized spacial score (nSPS) is 11.5. The van der Waals surface area contributed by atoms with Gasteiger partial charge in [0.05, 0.1) is 18.1 Å². The van der Waals surface area contributed by atoms with Gasteiger partial charge in [-0.2, -0.15) is 0 Å². The van der Waals surface area contributed by atoms with Gasteiger partial charge in [0.15, 0.2) is 5.13 Å². The van der Waals surface area contributed by atoms with Crippen molar-refractivity contribution in [3.05, 3.63) is 88.8 Å². The molecular formula is C27H24ClN3O3S2. The Morgan fingerprint density at radius 3 is 2.50 bits per heavy atom. The molecule has 0 spiro atoms. The van der Waals surface area contributed by atoms with Crippen LogP contribution >= 0.6 is 34.7 Å². The minimum atomic E-state index is -0.319. The third-order valence-corrected chi connectivity index (χ3v) is 7.63. The molecule has 0 aliphatic heterocycles. The van der Waals surface area contributed by atoms with Crippen molar-refractivity contribution < 1.29 is 14.3 Å². The third-order valence-electron chi connectivity index (χ3n) is 5.26. The summed E-state index contributed by atoms with van der Waals surface area (Å²) < 4.78 is 5.14. The number of carbonyl (C=O) groups is 2. The fraction of sp³-hybridized carbons (Fsp3) is 0.148. The second-order valence-corrected chi connectivity index (χ2v) is 10.3. The van der Waals surface area contributed by atoms with Crippen LogP contribution in [0.4, 0.5) is 10.8 Å². The highest BCUT2D eigenvalue weighted by Crippen LogP contribution is 2.30. The molecule has 184 valence electrons. The number of thioether (sulfide) groups is 1. The second kappa shape index (κ2) is 12.1. The second-order valence-electron chi connectivity index (χ2n) is 7.76. The first-order chi connectivity index (χ1) is 17.4. The maximum atomic E-state index is 13.0. The Balaban J connectivity index is 1.38. The van der Waals surface area contributed by atoms with E-state index < -0.39 is 0 Å². The average Bonchev–Trinajstić information content (AvgIpc) is 3.36. The predicted molar refractivity (Wildman–Crippen MR) is 149 cm³/mol. The van der Waals surface area contributed by atoms with E-state index in [4.69, 9.17) is 16.3 Å². The van der Waals surface area contributed by atoms with E-state index in [0.29, 0.717) is 33.6 Å². The van der Waals surface area contributed by atoms with Gasteiger partial charge in [0, 0.05) is 32.1 Å². The summed E-state index contributed by atoms with van der Waals surface area (Å²) in [4.78, 5) is 31.0. The summed E-state index contributed by atoms with van der Waals surface area (Å²) in [5, 5.41) is 8.64. The molecule has 36 heavy (non-hydrogen) atoms. The fourth-order valence-corrected chi connectivity index (χ4v) is 5.21. The standard InChI is InChI=1S/C27H24ClN3O3S2/c1-3-24(26(33)31-27-30-23(16-35-27)17-7-11-19(28)12-8-17)36-22-6-4-5-20(15-22)29-25(32)18-9-13-21(34-2)14-10-18/h4-16,24H,3H2,1-2H3,(H,29,32)(H,30,31,33). The van der Waals surface area contributed by atoms with Gasteiger partial charge in [-0.15, -0.1) is 23.1 Å². The molecule has 2 amide bonds. The number of ether oxygens (including phenoxy) is 1. The topological polar surface area (TPSA) is 80.3 Å². The Hall–Kier alpha value is -3.33. The molecule has 2 N–H and O–H groups in total. The zero-order valence-corrected chi connectivity index (χ0v) is 22.0. The highest BCUT2D eigenvalue weighted by atomic mass is 35.5. The van der Waals surface area contributed by atoms with E-state index >= 15 is 0 Å². The van der Waals surface area contributed by atoms with E-state index in [9.17, 15) is 9.59 Å². The van der Waals surface area contributed by atoms with Crippen LogP contribution in [0.25, 0.3) is 11.3 Å². The van der Waals surface area contributed by atoms with Crippen molar-refractivity contribution in [1.29, 1.82) is 0 Å². The van der Waals surface area contributed by atoms with E-state index in [1.807, 2.05) is 60.8 Å². The molecule has 1 aromatic heterocycles. The minimum absolute atomic E-state index is 0.118. The summed E-state index contributed by atoms with van der Waals surface area (Å²) in [6.07, 6.45) is 0.633. The summed E-state index contributed by atoms with van der Waals surface area (Å²) in [6, 6.07) is 21.8. The number of halogens is 1. The maximum Gasteiger partial charge on any atom is 0.255 e. The van der Waals surface area contributed by atoms with Crippen LogP contribution < -0.4 is 15.4 Å². The van der Waals surface area contributed by atoms with Crippen LogP contribution in [0.5, 0.6) is 5.75 Å². The van der Waals surface area contributed by atoms with Crippen molar-refractivity contribution in [2.24, 2.45) is 0 Å². The molecule has 4 aromatic rings. The van der Waals surface area contributed by atoms with Crippen molar-refractivity contribution >= 4 is 57.3 Å². The minimum Gasteiger partial charge on any atom is -0.497 e. The van der Waals surface area contributed by atoms with Gasteiger partial charge in [-0.1, -0.05) is 36.7 Å². The molecular weight excluding hydrogens is 514 g/mol. The molecule has 0 fully saturated rings.